The molecule has 0 aliphatic heterocycles. The lowest BCUT2D eigenvalue weighted by molar-refractivity contribution is 0.0166. The number of nitrogens with zero attached hydrogens (tertiary/aromatic N) is 1. The minimum Gasteiger partial charge on any atom is -0.444 e. The van der Waals surface area contributed by atoms with Gasteiger partial charge in [-0.05, 0) is 40.5 Å². The Labute approximate surface area is 102 Å². The SMILES string of the molecule is CCN(C(=O)OC(C)(C)C)C1CC(O)C(O)C1. The number of aliphatic hydroxyl groups is 2. The highest BCUT2D eigenvalue weighted by Crippen LogP contribution is 2.26. The summed E-state index contributed by atoms with van der Waals surface area (Å²) in [6.07, 6.45) is -1.04. The zero-order chi connectivity index (χ0) is 13.2. The van der Waals surface area contributed by atoms with Crippen molar-refractivity contribution in [2.45, 2.75) is 64.4 Å². The number of carbonyl (C=O) groups is 1. The van der Waals surface area contributed by atoms with Gasteiger partial charge in [0.15, 0.2) is 0 Å². The first-order valence-electron chi connectivity index (χ1n) is 6.10. The van der Waals surface area contributed by atoms with Crippen molar-refractivity contribution in [3.8, 4) is 0 Å². The molecule has 0 radical (unpaired) electrons. The average Bonchev–Trinajstić information content (AvgIpc) is 2.44. The van der Waals surface area contributed by atoms with Crippen molar-refractivity contribution in [3.05, 3.63) is 0 Å². The Hall–Kier alpha value is -0.810. The topological polar surface area (TPSA) is 70.0 Å². The number of aliphatic hydroxyl groups excluding tert-OH is 2. The van der Waals surface area contributed by atoms with Crippen LogP contribution in [-0.4, -0.2) is 51.6 Å². The van der Waals surface area contributed by atoms with Gasteiger partial charge in [0.2, 0.25) is 0 Å². The lowest BCUT2D eigenvalue weighted by Crippen LogP contribution is -2.42. The molecule has 0 aromatic heterocycles. The zero-order valence-corrected chi connectivity index (χ0v) is 11.0. The summed E-state index contributed by atoms with van der Waals surface area (Å²) in [6, 6.07) is -0.139. The number of ether oxygens (including phenoxy) is 1. The Kier molecular flexibility index (Phi) is 4.38. The summed E-state index contributed by atoms with van der Waals surface area (Å²) < 4.78 is 5.30. The molecule has 1 aliphatic carbocycles. The van der Waals surface area contributed by atoms with Crippen LogP contribution in [0.3, 0.4) is 0 Å². The van der Waals surface area contributed by atoms with E-state index in [1.165, 1.54) is 0 Å². The molecule has 1 rings (SSSR count). The quantitative estimate of drug-likeness (QED) is 0.765. The van der Waals surface area contributed by atoms with Gasteiger partial charge in [0.25, 0.3) is 0 Å². The third-order valence-corrected chi connectivity index (χ3v) is 2.88. The Morgan fingerprint density at radius 2 is 1.76 bits per heavy atom. The van der Waals surface area contributed by atoms with E-state index in [0.29, 0.717) is 19.4 Å². The van der Waals surface area contributed by atoms with Gasteiger partial charge >= 0.3 is 6.09 Å². The Morgan fingerprint density at radius 3 is 2.12 bits per heavy atom. The van der Waals surface area contributed by atoms with Gasteiger partial charge in [0.1, 0.15) is 5.60 Å². The molecule has 0 spiro atoms. The van der Waals surface area contributed by atoms with Gasteiger partial charge in [-0.3, -0.25) is 0 Å². The van der Waals surface area contributed by atoms with Crippen LogP contribution in [0.5, 0.6) is 0 Å². The van der Waals surface area contributed by atoms with Gasteiger partial charge in [0.05, 0.1) is 12.2 Å². The van der Waals surface area contributed by atoms with Gasteiger partial charge in [-0.1, -0.05) is 0 Å². The van der Waals surface area contributed by atoms with Gasteiger partial charge in [-0.2, -0.15) is 0 Å². The average molecular weight is 245 g/mol. The summed E-state index contributed by atoms with van der Waals surface area (Å²) in [5, 5.41) is 19.0. The lowest BCUT2D eigenvalue weighted by atomic mass is 10.2. The first kappa shape index (κ1) is 14.3. The maximum absolute atomic E-state index is 11.9. The highest BCUT2D eigenvalue weighted by Gasteiger charge is 2.37. The van der Waals surface area contributed by atoms with E-state index in [1.807, 2.05) is 27.7 Å². The van der Waals surface area contributed by atoms with E-state index in [1.54, 1.807) is 4.90 Å². The van der Waals surface area contributed by atoms with Gasteiger partial charge in [0, 0.05) is 12.6 Å². The molecule has 2 unspecified atom stereocenters. The maximum atomic E-state index is 11.9. The molecule has 2 N–H and O–H groups in total. The van der Waals surface area contributed by atoms with Crippen molar-refractivity contribution in [2.75, 3.05) is 6.54 Å². The van der Waals surface area contributed by atoms with Crippen molar-refractivity contribution in [2.24, 2.45) is 0 Å². The number of hydrogen-bond acceptors (Lipinski definition) is 4. The minimum atomic E-state index is -0.739. The molecule has 2 atom stereocenters. The Balaban J connectivity index is 2.63. The number of amides is 1. The van der Waals surface area contributed by atoms with Crippen molar-refractivity contribution >= 4 is 6.09 Å². The Morgan fingerprint density at radius 1 is 1.29 bits per heavy atom. The molecule has 5 heteroatoms. The molecular weight excluding hydrogens is 222 g/mol. The van der Waals surface area contributed by atoms with E-state index < -0.39 is 17.8 Å². The molecule has 0 bridgehead atoms. The minimum absolute atomic E-state index is 0.139. The van der Waals surface area contributed by atoms with Crippen molar-refractivity contribution in [1.29, 1.82) is 0 Å². The molecule has 1 saturated carbocycles. The number of rotatable bonds is 2. The first-order chi connectivity index (χ1) is 7.74. The fraction of sp³-hybridized carbons (Fsp3) is 0.917. The molecule has 1 aliphatic rings. The van der Waals surface area contributed by atoms with Crippen molar-refractivity contribution < 1.29 is 19.7 Å². The third kappa shape index (κ3) is 3.85. The highest BCUT2D eigenvalue weighted by molar-refractivity contribution is 5.68. The van der Waals surface area contributed by atoms with Crippen LogP contribution in [0.4, 0.5) is 4.79 Å². The van der Waals surface area contributed by atoms with Crippen molar-refractivity contribution in [3.63, 3.8) is 0 Å². The zero-order valence-electron chi connectivity index (χ0n) is 11.0. The van der Waals surface area contributed by atoms with Crippen LogP contribution < -0.4 is 0 Å². The summed E-state index contributed by atoms with van der Waals surface area (Å²) >= 11 is 0. The number of carbonyl (C=O) groups excluding carboxylic acids is 1. The predicted octanol–water partition coefficient (Wildman–Crippen LogP) is 1.13. The fourth-order valence-corrected chi connectivity index (χ4v) is 2.08. The summed E-state index contributed by atoms with van der Waals surface area (Å²) in [4.78, 5) is 13.5. The molecule has 0 aromatic rings. The third-order valence-electron chi connectivity index (χ3n) is 2.88. The van der Waals surface area contributed by atoms with Crippen LogP contribution >= 0.6 is 0 Å². The first-order valence-corrected chi connectivity index (χ1v) is 6.10. The van der Waals surface area contributed by atoms with E-state index in [-0.39, 0.29) is 12.1 Å². The molecular formula is C12H23NO4. The van der Waals surface area contributed by atoms with Crippen LogP contribution in [0.2, 0.25) is 0 Å². The lowest BCUT2D eigenvalue weighted by Gasteiger charge is -2.30. The standard InChI is InChI=1S/C12H23NO4/c1-5-13(11(16)17-12(2,3)4)8-6-9(14)10(15)7-8/h8-10,14-15H,5-7H2,1-4H3. The molecule has 1 fully saturated rings. The van der Waals surface area contributed by atoms with Crippen LogP contribution in [-0.2, 0) is 4.74 Å². The smallest absolute Gasteiger partial charge is 0.410 e. The van der Waals surface area contributed by atoms with Crippen LogP contribution in [0.15, 0.2) is 0 Å². The Bertz CT molecular complexity index is 264. The second-order valence-corrected chi connectivity index (χ2v) is 5.53. The highest BCUT2D eigenvalue weighted by atomic mass is 16.6. The van der Waals surface area contributed by atoms with Crippen molar-refractivity contribution in [1.82, 2.24) is 4.90 Å². The fourth-order valence-electron chi connectivity index (χ4n) is 2.08. The second kappa shape index (κ2) is 5.23. The number of hydrogen-bond donors (Lipinski definition) is 2. The maximum Gasteiger partial charge on any atom is 0.410 e. The van der Waals surface area contributed by atoms with Crippen LogP contribution in [0, 0.1) is 0 Å². The van der Waals surface area contributed by atoms with E-state index in [2.05, 4.69) is 0 Å². The molecule has 17 heavy (non-hydrogen) atoms. The van der Waals surface area contributed by atoms with E-state index in [9.17, 15) is 15.0 Å². The molecule has 0 saturated heterocycles. The monoisotopic (exact) mass is 245 g/mol. The molecule has 0 heterocycles. The molecule has 5 nitrogen and oxygen atoms in total. The normalized spacial score (nSPS) is 29.2. The molecule has 0 aromatic carbocycles. The van der Waals surface area contributed by atoms with E-state index in [4.69, 9.17) is 4.74 Å². The van der Waals surface area contributed by atoms with Gasteiger partial charge < -0.3 is 19.8 Å². The van der Waals surface area contributed by atoms with Gasteiger partial charge in [-0.25, -0.2) is 4.79 Å². The predicted molar refractivity (Wildman–Crippen MR) is 63.6 cm³/mol. The van der Waals surface area contributed by atoms with Crippen LogP contribution in [0.1, 0.15) is 40.5 Å². The van der Waals surface area contributed by atoms with E-state index >= 15 is 0 Å². The summed E-state index contributed by atoms with van der Waals surface area (Å²) in [5.41, 5.74) is -0.527. The summed E-state index contributed by atoms with van der Waals surface area (Å²) in [7, 11) is 0. The summed E-state index contributed by atoms with van der Waals surface area (Å²) in [5.74, 6) is 0. The largest absolute Gasteiger partial charge is 0.444 e. The van der Waals surface area contributed by atoms with Crippen LogP contribution in [0.25, 0.3) is 0 Å². The molecule has 1 amide bonds. The summed E-state index contributed by atoms with van der Waals surface area (Å²) in [6.45, 7) is 7.82. The molecule has 100 valence electrons. The second-order valence-electron chi connectivity index (χ2n) is 5.53. The van der Waals surface area contributed by atoms with Gasteiger partial charge in [-0.15, -0.1) is 0 Å². The van der Waals surface area contributed by atoms with E-state index in [0.717, 1.165) is 0 Å².